The number of anilines is 2. The molecular weight excluding hydrogens is 348 g/mol. The van der Waals surface area contributed by atoms with Gasteiger partial charge in [0.05, 0.1) is 0 Å². The number of nitrogens with zero attached hydrogens (tertiary/aromatic N) is 3. The number of aromatic nitrogens is 1. The van der Waals surface area contributed by atoms with Gasteiger partial charge in [-0.2, -0.15) is 0 Å². The number of urea groups is 1. The minimum Gasteiger partial charge on any atom is -0.360 e. The van der Waals surface area contributed by atoms with E-state index in [9.17, 15) is 4.79 Å². The highest BCUT2D eigenvalue weighted by molar-refractivity contribution is 9.10. The fourth-order valence-electron chi connectivity index (χ4n) is 2.41. The molecule has 2 aromatic rings. The summed E-state index contributed by atoms with van der Waals surface area (Å²) in [7, 11) is 0. The summed E-state index contributed by atoms with van der Waals surface area (Å²) in [4.78, 5) is 16.2. The average Bonchev–Trinajstić information content (AvgIpc) is 2.94. The summed E-state index contributed by atoms with van der Waals surface area (Å²) in [5.74, 6) is 1.63. The highest BCUT2D eigenvalue weighted by Crippen LogP contribution is 2.18. The molecule has 0 saturated carbocycles. The molecule has 1 aromatic heterocycles. The van der Waals surface area contributed by atoms with Gasteiger partial charge in [-0.25, -0.2) is 4.79 Å². The van der Waals surface area contributed by atoms with Gasteiger partial charge < -0.3 is 19.6 Å². The predicted molar refractivity (Wildman–Crippen MR) is 88.2 cm³/mol. The molecule has 1 N–H and O–H groups in total. The molecule has 1 aliphatic rings. The second-order valence-corrected chi connectivity index (χ2v) is 6.13. The van der Waals surface area contributed by atoms with E-state index in [4.69, 9.17) is 4.52 Å². The molecule has 2 amide bonds. The van der Waals surface area contributed by atoms with Gasteiger partial charge in [0, 0.05) is 42.4 Å². The molecule has 0 bridgehead atoms. The highest BCUT2D eigenvalue weighted by Gasteiger charge is 2.22. The molecule has 1 saturated heterocycles. The fourth-order valence-corrected chi connectivity index (χ4v) is 2.81. The lowest BCUT2D eigenvalue weighted by Gasteiger charge is -2.34. The van der Waals surface area contributed by atoms with Crippen molar-refractivity contribution in [2.75, 3.05) is 36.4 Å². The third kappa shape index (κ3) is 3.41. The van der Waals surface area contributed by atoms with Crippen molar-refractivity contribution in [3.05, 3.63) is 40.6 Å². The fraction of sp³-hybridized carbons (Fsp3) is 0.333. The lowest BCUT2D eigenvalue weighted by atomic mass is 10.3. The van der Waals surface area contributed by atoms with E-state index < -0.39 is 0 Å². The Morgan fingerprint density at radius 1 is 1.27 bits per heavy atom. The zero-order chi connectivity index (χ0) is 15.5. The molecule has 116 valence electrons. The van der Waals surface area contributed by atoms with Gasteiger partial charge in [-0.3, -0.25) is 0 Å². The Bertz CT molecular complexity index is 665. The van der Waals surface area contributed by atoms with E-state index in [1.807, 2.05) is 42.2 Å². The SMILES string of the molecule is Cc1cc(N2CCN(C(=O)Nc3cccc(Br)c3)CC2)no1. The Labute approximate surface area is 137 Å². The lowest BCUT2D eigenvalue weighted by Crippen LogP contribution is -2.50. The summed E-state index contributed by atoms with van der Waals surface area (Å²) in [5.41, 5.74) is 0.786. The molecule has 2 heterocycles. The van der Waals surface area contributed by atoms with Crippen LogP contribution in [0, 0.1) is 6.92 Å². The largest absolute Gasteiger partial charge is 0.360 e. The molecule has 6 nitrogen and oxygen atoms in total. The Morgan fingerprint density at radius 2 is 2.05 bits per heavy atom. The molecule has 1 aliphatic heterocycles. The van der Waals surface area contributed by atoms with Crippen molar-refractivity contribution < 1.29 is 9.32 Å². The number of carbonyl (C=O) groups is 1. The number of carbonyl (C=O) groups excluding carboxylic acids is 1. The molecule has 1 aromatic carbocycles. The van der Waals surface area contributed by atoms with Crippen molar-refractivity contribution in [3.63, 3.8) is 0 Å². The predicted octanol–water partition coefficient (Wildman–Crippen LogP) is 3.10. The number of hydrogen-bond acceptors (Lipinski definition) is 4. The van der Waals surface area contributed by atoms with Crippen LogP contribution in [-0.4, -0.2) is 42.3 Å². The number of nitrogens with one attached hydrogen (secondary N) is 1. The maximum absolute atomic E-state index is 12.3. The van der Waals surface area contributed by atoms with Crippen molar-refractivity contribution in [1.82, 2.24) is 10.1 Å². The Kier molecular flexibility index (Phi) is 4.33. The highest BCUT2D eigenvalue weighted by atomic mass is 79.9. The van der Waals surface area contributed by atoms with Crippen LogP contribution < -0.4 is 10.2 Å². The van der Waals surface area contributed by atoms with Gasteiger partial charge in [-0.05, 0) is 25.1 Å². The summed E-state index contributed by atoms with van der Waals surface area (Å²) >= 11 is 3.40. The molecule has 7 heteroatoms. The number of amides is 2. The van der Waals surface area contributed by atoms with Crippen molar-refractivity contribution in [2.45, 2.75) is 6.92 Å². The second-order valence-electron chi connectivity index (χ2n) is 5.21. The third-order valence-corrected chi connectivity index (χ3v) is 4.08. The normalized spacial score (nSPS) is 15.0. The first-order valence-electron chi connectivity index (χ1n) is 7.11. The van der Waals surface area contributed by atoms with Crippen molar-refractivity contribution in [3.8, 4) is 0 Å². The first-order valence-corrected chi connectivity index (χ1v) is 7.91. The van der Waals surface area contributed by atoms with Crippen LogP contribution in [0.4, 0.5) is 16.3 Å². The molecule has 0 atom stereocenters. The molecule has 0 spiro atoms. The quantitative estimate of drug-likeness (QED) is 0.889. The first-order chi connectivity index (χ1) is 10.6. The topological polar surface area (TPSA) is 61.6 Å². The number of piperazine rings is 1. The van der Waals surface area contributed by atoms with Crippen LogP contribution in [0.1, 0.15) is 5.76 Å². The molecule has 0 unspecified atom stereocenters. The number of halogens is 1. The Balaban J connectivity index is 1.55. The van der Waals surface area contributed by atoms with E-state index >= 15 is 0 Å². The van der Waals surface area contributed by atoms with Crippen LogP contribution >= 0.6 is 15.9 Å². The minimum atomic E-state index is -0.0749. The Morgan fingerprint density at radius 3 is 2.68 bits per heavy atom. The Hall–Kier alpha value is -2.02. The number of rotatable bonds is 2. The van der Waals surface area contributed by atoms with Gasteiger partial charge in [0.25, 0.3) is 0 Å². The maximum atomic E-state index is 12.3. The van der Waals surface area contributed by atoms with Gasteiger partial charge in [-0.15, -0.1) is 0 Å². The molecule has 3 rings (SSSR count). The number of aryl methyl sites for hydroxylation is 1. The zero-order valence-corrected chi connectivity index (χ0v) is 13.8. The van der Waals surface area contributed by atoms with Crippen molar-refractivity contribution >= 4 is 33.5 Å². The summed E-state index contributed by atoms with van der Waals surface area (Å²) in [6.07, 6.45) is 0. The second kappa shape index (κ2) is 6.39. The number of benzene rings is 1. The van der Waals surface area contributed by atoms with Crippen molar-refractivity contribution in [2.24, 2.45) is 0 Å². The van der Waals surface area contributed by atoms with Gasteiger partial charge in [0.2, 0.25) is 0 Å². The van der Waals surface area contributed by atoms with Crippen LogP contribution in [0.5, 0.6) is 0 Å². The number of hydrogen-bond donors (Lipinski definition) is 1. The van der Waals surface area contributed by atoms with Crippen LogP contribution in [0.25, 0.3) is 0 Å². The molecule has 0 radical (unpaired) electrons. The molecule has 1 fully saturated rings. The van der Waals surface area contributed by atoms with Gasteiger partial charge in [0.15, 0.2) is 5.82 Å². The summed E-state index contributed by atoms with van der Waals surface area (Å²) in [5, 5.41) is 6.93. The zero-order valence-electron chi connectivity index (χ0n) is 12.3. The van der Waals surface area contributed by atoms with E-state index in [-0.39, 0.29) is 6.03 Å². The smallest absolute Gasteiger partial charge is 0.321 e. The van der Waals surface area contributed by atoms with Gasteiger partial charge >= 0.3 is 6.03 Å². The minimum absolute atomic E-state index is 0.0749. The van der Waals surface area contributed by atoms with Crippen LogP contribution in [0.15, 0.2) is 39.3 Å². The van der Waals surface area contributed by atoms with Gasteiger partial charge in [-0.1, -0.05) is 27.2 Å². The van der Waals surface area contributed by atoms with Crippen LogP contribution in [0.2, 0.25) is 0 Å². The molecular formula is C15H17BrN4O2. The van der Waals surface area contributed by atoms with Crippen LogP contribution in [0.3, 0.4) is 0 Å². The lowest BCUT2D eigenvalue weighted by molar-refractivity contribution is 0.208. The molecule has 22 heavy (non-hydrogen) atoms. The van der Waals surface area contributed by atoms with Gasteiger partial charge in [0.1, 0.15) is 5.76 Å². The third-order valence-electron chi connectivity index (χ3n) is 3.58. The van der Waals surface area contributed by atoms with E-state index in [1.54, 1.807) is 0 Å². The van der Waals surface area contributed by atoms with E-state index in [1.165, 1.54) is 0 Å². The average molecular weight is 365 g/mol. The monoisotopic (exact) mass is 364 g/mol. The van der Waals surface area contributed by atoms with E-state index in [0.717, 1.165) is 34.8 Å². The first kappa shape index (κ1) is 14.9. The van der Waals surface area contributed by atoms with E-state index in [0.29, 0.717) is 13.1 Å². The maximum Gasteiger partial charge on any atom is 0.321 e. The molecule has 0 aliphatic carbocycles. The summed E-state index contributed by atoms with van der Waals surface area (Å²) in [6, 6.07) is 9.41. The van der Waals surface area contributed by atoms with Crippen molar-refractivity contribution in [1.29, 1.82) is 0 Å². The summed E-state index contributed by atoms with van der Waals surface area (Å²) in [6.45, 7) is 4.69. The van der Waals surface area contributed by atoms with E-state index in [2.05, 4.69) is 31.3 Å². The standard InChI is InChI=1S/C15H17BrN4O2/c1-11-9-14(18-22-11)19-5-7-20(8-6-19)15(21)17-13-4-2-3-12(16)10-13/h2-4,9-10H,5-8H2,1H3,(H,17,21). The van der Waals surface area contributed by atoms with Crippen LogP contribution in [-0.2, 0) is 0 Å². The summed E-state index contributed by atoms with van der Waals surface area (Å²) < 4.78 is 6.03.